The minimum Gasteiger partial charge on any atom is -0.503 e. The monoisotopic (exact) mass is 375 g/mol. The fraction of sp³-hybridized carbons (Fsp3) is 0.524. The number of hydrogen-bond donors (Lipinski definition) is 1. The van der Waals surface area contributed by atoms with Crippen LogP contribution >= 0.6 is 0 Å². The zero-order valence-electron chi connectivity index (χ0n) is 16.9. The maximum atomic E-state index is 13.0. The molecule has 2 rings (SSSR count). The summed E-state index contributed by atoms with van der Waals surface area (Å²) in [5.41, 5.74) is 0.160. The van der Waals surface area contributed by atoms with Crippen LogP contribution < -0.4 is 4.74 Å². The zero-order valence-corrected chi connectivity index (χ0v) is 16.9. The lowest BCUT2D eigenvalue weighted by atomic mass is 9.82. The average molecular weight is 375 g/mol. The fourth-order valence-electron chi connectivity index (χ4n) is 3.06. The number of ether oxygens (including phenoxy) is 2. The molecule has 1 heterocycles. The van der Waals surface area contributed by atoms with Gasteiger partial charge in [-0.25, -0.2) is 0 Å². The number of carbonyl (C=O) groups is 2. The van der Waals surface area contributed by atoms with Crippen LogP contribution in [0.4, 0.5) is 0 Å². The molecule has 6 heteroatoms. The van der Waals surface area contributed by atoms with Gasteiger partial charge in [0, 0.05) is 19.1 Å². The molecule has 1 unspecified atom stereocenters. The maximum absolute atomic E-state index is 13.0. The van der Waals surface area contributed by atoms with E-state index in [0.717, 1.165) is 5.56 Å². The molecule has 0 fully saturated rings. The Labute approximate surface area is 160 Å². The van der Waals surface area contributed by atoms with E-state index in [1.165, 1.54) is 4.90 Å². The van der Waals surface area contributed by atoms with Crippen LogP contribution in [0.5, 0.6) is 5.75 Å². The van der Waals surface area contributed by atoms with E-state index in [0.29, 0.717) is 12.4 Å². The van der Waals surface area contributed by atoms with Gasteiger partial charge in [-0.3, -0.25) is 9.59 Å². The molecule has 0 bridgehead atoms. The van der Waals surface area contributed by atoms with Gasteiger partial charge in [-0.2, -0.15) is 0 Å². The van der Waals surface area contributed by atoms with Crippen molar-refractivity contribution in [1.29, 1.82) is 0 Å². The van der Waals surface area contributed by atoms with Crippen LogP contribution in [0.25, 0.3) is 0 Å². The molecule has 1 amide bonds. The van der Waals surface area contributed by atoms with E-state index in [4.69, 9.17) is 9.47 Å². The largest absolute Gasteiger partial charge is 0.503 e. The third-order valence-electron chi connectivity index (χ3n) is 4.33. The third-order valence-corrected chi connectivity index (χ3v) is 4.33. The van der Waals surface area contributed by atoms with E-state index in [1.807, 2.05) is 38.1 Å². The SMILES string of the molecule is COCCN1C(=O)C(O)=C(C(=O)C(C)(C)C)C1c1ccc(OC(C)C)cc1. The van der Waals surface area contributed by atoms with Crippen molar-refractivity contribution in [3.63, 3.8) is 0 Å². The average Bonchev–Trinajstić information content (AvgIpc) is 2.83. The first kappa shape index (κ1) is 21.0. The molecule has 1 aromatic rings. The number of aliphatic hydroxyl groups is 1. The number of methoxy groups -OCH3 is 1. The topological polar surface area (TPSA) is 76.1 Å². The molecule has 0 saturated heterocycles. The van der Waals surface area contributed by atoms with E-state index >= 15 is 0 Å². The molecule has 0 spiro atoms. The Bertz CT molecular complexity index is 728. The van der Waals surface area contributed by atoms with E-state index in [-0.39, 0.29) is 24.0 Å². The number of Topliss-reactive ketones (excluding diaryl/α,β-unsaturated/α-hetero) is 1. The fourth-order valence-corrected chi connectivity index (χ4v) is 3.06. The number of aliphatic hydroxyl groups excluding tert-OH is 1. The summed E-state index contributed by atoms with van der Waals surface area (Å²) in [7, 11) is 1.54. The van der Waals surface area contributed by atoms with Gasteiger partial charge in [0.1, 0.15) is 5.75 Å². The molecule has 6 nitrogen and oxygen atoms in total. The Kier molecular flexibility index (Phi) is 6.31. The highest BCUT2D eigenvalue weighted by atomic mass is 16.5. The summed E-state index contributed by atoms with van der Waals surface area (Å²) in [6.45, 7) is 9.78. The molecule has 1 aliphatic heterocycles. The van der Waals surface area contributed by atoms with E-state index < -0.39 is 23.1 Å². The van der Waals surface area contributed by atoms with Crippen molar-refractivity contribution in [2.75, 3.05) is 20.3 Å². The van der Waals surface area contributed by atoms with Crippen molar-refractivity contribution >= 4 is 11.7 Å². The lowest BCUT2D eigenvalue weighted by Crippen LogP contribution is -2.35. The Morgan fingerprint density at radius 1 is 1.22 bits per heavy atom. The summed E-state index contributed by atoms with van der Waals surface area (Å²) in [5, 5.41) is 10.5. The second-order valence-electron chi connectivity index (χ2n) is 7.97. The number of benzene rings is 1. The second kappa shape index (κ2) is 8.13. The first-order valence-corrected chi connectivity index (χ1v) is 9.12. The van der Waals surface area contributed by atoms with E-state index in [1.54, 1.807) is 27.9 Å². The smallest absolute Gasteiger partial charge is 0.290 e. The Morgan fingerprint density at radius 2 is 1.81 bits per heavy atom. The zero-order chi connectivity index (χ0) is 20.4. The van der Waals surface area contributed by atoms with Gasteiger partial charge < -0.3 is 19.5 Å². The van der Waals surface area contributed by atoms with Gasteiger partial charge in [-0.1, -0.05) is 32.9 Å². The number of nitrogens with zero attached hydrogens (tertiary/aromatic N) is 1. The van der Waals surface area contributed by atoms with Crippen molar-refractivity contribution < 1.29 is 24.2 Å². The molecular weight excluding hydrogens is 346 g/mol. The predicted molar refractivity (Wildman–Crippen MR) is 103 cm³/mol. The highest BCUT2D eigenvalue weighted by Gasteiger charge is 2.45. The van der Waals surface area contributed by atoms with E-state index in [9.17, 15) is 14.7 Å². The normalized spacial score (nSPS) is 17.8. The molecule has 1 aromatic carbocycles. The highest BCUT2D eigenvalue weighted by molar-refractivity contribution is 6.10. The quantitative estimate of drug-likeness (QED) is 0.790. The molecule has 0 aliphatic carbocycles. The number of hydrogen-bond acceptors (Lipinski definition) is 5. The summed E-state index contributed by atoms with van der Waals surface area (Å²) < 4.78 is 10.8. The third kappa shape index (κ3) is 4.50. The van der Waals surface area contributed by atoms with Crippen molar-refractivity contribution in [3.8, 4) is 5.75 Å². The Morgan fingerprint density at radius 3 is 2.30 bits per heavy atom. The van der Waals surface area contributed by atoms with Gasteiger partial charge in [0.2, 0.25) is 0 Å². The van der Waals surface area contributed by atoms with Crippen LogP contribution in [-0.4, -0.2) is 48.1 Å². The first-order valence-electron chi connectivity index (χ1n) is 9.12. The van der Waals surface area contributed by atoms with Crippen LogP contribution in [0, 0.1) is 5.41 Å². The van der Waals surface area contributed by atoms with Crippen molar-refractivity contribution in [2.45, 2.75) is 46.8 Å². The van der Waals surface area contributed by atoms with Crippen molar-refractivity contribution in [3.05, 3.63) is 41.2 Å². The van der Waals surface area contributed by atoms with Gasteiger partial charge in [-0.15, -0.1) is 0 Å². The predicted octanol–water partition coefficient (Wildman–Crippen LogP) is 3.43. The van der Waals surface area contributed by atoms with Crippen molar-refractivity contribution in [2.24, 2.45) is 5.41 Å². The van der Waals surface area contributed by atoms with E-state index in [2.05, 4.69) is 0 Å². The standard InChI is InChI=1S/C21H29NO5/c1-13(2)27-15-9-7-14(8-10-15)17-16(19(24)21(3,4)5)18(23)20(25)22(17)11-12-26-6/h7-10,13,17,23H,11-12H2,1-6H3. The molecular formula is C21H29NO5. The minimum absolute atomic E-state index is 0.0454. The van der Waals surface area contributed by atoms with Gasteiger partial charge >= 0.3 is 0 Å². The van der Waals surface area contributed by atoms with Crippen LogP contribution in [0.3, 0.4) is 0 Å². The molecule has 1 N–H and O–H groups in total. The summed E-state index contributed by atoms with van der Waals surface area (Å²) in [6.07, 6.45) is 0.0454. The van der Waals surface area contributed by atoms with Crippen molar-refractivity contribution in [1.82, 2.24) is 4.90 Å². The molecule has 27 heavy (non-hydrogen) atoms. The highest BCUT2D eigenvalue weighted by Crippen LogP contribution is 2.41. The molecule has 1 atom stereocenters. The summed E-state index contributed by atoms with van der Waals surface area (Å²) in [5.74, 6) is -0.565. The Balaban J connectivity index is 2.47. The summed E-state index contributed by atoms with van der Waals surface area (Å²) >= 11 is 0. The molecule has 0 aromatic heterocycles. The number of carbonyl (C=O) groups excluding carboxylic acids is 2. The molecule has 0 radical (unpaired) electrons. The summed E-state index contributed by atoms with van der Waals surface area (Å²) in [6, 6.07) is 6.62. The van der Waals surface area contributed by atoms with Crippen LogP contribution in [0.1, 0.15) is 46.2 Å². The molecule has 148 valence electrons. The Hall–Kier alpha value is -2.34. The second-order valence-corrected chi connectivity index (χ2v) is 7.97. The van der Waals surface area contributed by atoms with Crippen LogP contribution in [0.2, 0.25) is 0 Å². The lowest BCUT2D eigenvalue weighted by Gasteiger charge is -2.28. The number of amides is 1. The van der Waals surface area contributed by atoms with Gasteiger partial charge in [0.05, 0.1) is 24.3 Å². The number of ketones is 1. The van der Waals surface area contributed by atoms with Crippen LogP contribution in [-0.2, 0) is 14.3 Å². The molecule has 1 aliphatic rings. The minimum atomic E-state index is -0.722. The maximum Gasteiger partial charge on any atom is 0.290 e. The van der Waals surface area contributed by atoms with Gasteiger partial charge in [0.15, 0.2) is 11.5 Å². The lowest BCUT2D eigenvalue weighted by molar-refractivity contribution is -0.130. The first-order chi connectivity index (χ1) is 12.6. The van der Waals surface area contributed by atoms with Crippen LogP contribution in [0.15, 0.2) is 35.6 Å². The van der Waals surface area contributed by atoms with Gasteiger partial charge in [-0.05, 0) is 31.5 Å². The molecule has 0 saturated carbocycles. The number of rotatable bonds is 7. The van der Waals surface area contributed by atoms with Gasteiger partial charge in [0.25, 0.3) is 5.91 Å². The summed E-state index contributed by atoms with van der Waals surface area (Å²) in [4.78, 5) is 27.1.